The number of methoxy groups -OCH3 is 1. The molecule has 2 aromatic rings. The van der Waals surface area contributed by atoms with Gasteiger partial charge in [0.25, 0.3) is 0 Å². The first-order valence-electron chi connectivity index (χ1n) is 6.02. The van der Waals surface area contributed by atoms with Crippen LogP contribution in [0.3, 0.4) is 0 Å². The molecule has 0 saturated carbocycles. The molecule has 0 aliphatic rings. The number of rotatable bonds is 4. The smallest absolute Gasteiger partial charge is 0.340 e. The highest BCUT2D eigenvalue weighted by Gasteiger charge is 2.13. The third kappa shape index (κ3) is 3.89. The number of ether oxygens (including phenoxy) is 1. The predicted molar refractivity (Wildman–Crippen MR) is 79.3 cm³/mol. The van der Waals surface area contributed by atoms with Crippen molar-refractivity contribution in [1.82, 2.24) is 0 Å². The molecule has 2 aromatic carbocycles. The van der Waals surface area contributed by atoms with Gasteiger partial charge in [-0.1, -0.05) is 17.7 Å². The molecule has 0 aliphatic heterocycles. The highest BCUT2D eigenvalue weighted by Crippen LogP contribution is 2.18. The molecule has 0 aliphatic carbocycles. The molecule has 2 rings (SSSR count). The maximum atomic E-state index is 13.8. The number of hydrogen-bond donors (Lipinski definition) is 0. The Hall–Kier alpha value is -1.72. The van der Waals surface area contributed by atoms with E-state index in [2.05, 4.69) is 4.74 Å². The van der Waals surface area contributed by atoms with Gasteiger partial charge in [0.05, 0.1) is 29.2 Å². The minimum absolute atomic E-state index is 0.140. The first-order chi connectivity index (χ1) is 10.0. The maximum absolute atomic E-state index is 13.8. The molecule has 0 aromatic heterocycles. The molecule has 0 N–H and O–H groups in total. The summed E-state index contributed by atoms with van der Waals surface area (Å²) in [6.45, 7) is 0. The summed E-state index contributed by atoms with van der Waals surface area (Å²) >= 11 is 5.77. The van der Waals surface area contributed by atoms with E-state index in [4.69, 9.17) is 11.6 Å². The third-order valence-corrected chi connectivity index (χ3v) is 4.46. The van der Waals surface area contributed by atoms with E-state index in [0.29, 0.717) is 15.5 Å². The molecule has 3 nitrogen and oxygen atoms in total. The maximum Gasteiger partial charge on any atom is 0.340 e. The van der Waals surface area contributed by atoms with E-state index in [1.807, 2.05) is 0 Å². The van der Waals surface area contributed by atoms with Crippen LogP contribution in [0.4, 0.5) is 4.39 Å². The summed E-state index contributed by atoms with van der Waals surface area (Å²) in [4.78, 5) is 11.9. The average molecular weight is 327 g/mol. The SMILES string of the molecule is COC(=O)c1ccc(CS(=O)c2ccc(Cl)cc2)cc1F. The Morgan fingerprint density at radius 2 is 1.90 bits per heavy atom. The minimum Gasteiger partial charge on any atom is -0.465 e. The van der Waals surface area contributed by atoms with Crippen molar-refractivity contribution in [2.45, 2.75) is 10.6 Å². The Kier molecular flexibility index (Phi) is 5.09. The predicted octanol–water partition coefficient (Wildman–Crippen LogP) is 3.57. The lowest BCUT2D eigenvalue weighted by Crippen LogP contribution is -2.05. The normalized spacial score (nSPS) is 12.0. The van der Waals surface area contributed by atoms with Gasteiger partial charge < -0.3 is 4.74 Å². The van der Waals surface area contributed by atoms with Crippen LogP contribution in [0.2, 0.25) is 5.02 Å². The van der Waals surface area contributed by atoms with Gasteiger partial charge in [-0.05, 0) is 42.0 Å². The summed E-state index contributed by atoms with van der Waals surface area (Å²) in [5.74, 6) is -1.27. The van der Waals surface area contributed by atoms with Gasteiger partial charge >= 0.3 is 5.97 Å². The number of halogens is 2. The minimum atomic E-state index is -1.31. The summed E-state index contributed by atoms with van der Waals surface area (Å²) in [6, 6.07) is 10.7. The molecule has 0 saturated heterocycles. The first-order valence-corrected chi connectivity index (χ1v) is 7.71. The zero-order chi connectivity index (χ0) is 15.4. The Morgan fingerprint density at radius 1 is 1.24 bits per heavy atom. The quantitative estimate of drug-likeness (QED) is 0.807. The second-order valence-corrected chi connectivity index (χ2v) is 6.14. The lowest BCUT2D eigenvalue weighted by molar-refractivity contribution is 0.0595. The second kappa shape index (κ2) is 6.83. The second-order valence-electron chi connectivity index (χ2n) is 4.25. The summed E-state index contributed by atoms with van der Waals surface area (Å²) in [5.41, 5.74) is 0.395. The van der Waals surface area contributed by atoms with Gasteiger partial charge in [0, 0.05) is 9.92 Å². The van der Waals surface area contributed by atoms with Crippen LogP contribution >= 0.6 is 11.6 Å². The number of hydrogen-bond acceptors (Lipinski definition) is 3. The van der Waals surface area contributed by atoms with Gasteiger partial charge in [0.1, 0.15) is 5.82 Å². The monoisotopic (exact) mass is 326 g/mol. The van der Waals surface area contributed by atoms with Crippen molar-refractivity contribution >= 4 is 28.4 Å². The lowest BCUT2D eigenvalue weighted by Gasteiger charge is -2.06. The van der Waals surface area contributed by atoms with Crippen molar-refractivity contribution in [3.8, 4) is 0 Å². The van der Waals surface area contributed by atoms with Crippen molar-refractivity contribution in [2.75, 3.05) is 7.11 Å². The molecular weight excluding hydrogens is 315 g/mol. The lowest BCUT2D eigenvalue weighted by atomic mass is 10.1. The largest absolute Gasteiger partial charge is 0.465 e. The highest BCUT2D eigenvalue weighted by atomic mass is 35.5. The molecule has 1 unspecified atom stereocenters. The number of esters is 1. The van der Waals surface area contributed by atoms with Crippen LogP contribution in [0.25, 0.3) is 0 Å². The molecule has 0 radical (unpaired) electrons. The molecule has 110 valence electrons. The molecule has 1 atom stereocenters. The molecule has 0 heterocycles. The van der Waals surface area contributed by atoms with Gasteiger partial charge in [0.2, 0.25) is 0 Å². The number of benzene rings is 2. The van der Waals surface area contributed by atoms with Crippen LogP contribution in [0.1, 0.15) is 15.9 Å². The zero-order valence-corrected chi connectivity index (χ0v) is 12.7. The van der Waals surface area contributed by atoms with Crippen molar-refractivity contribution in [3.05, 3.63) is 64.4 Å². The number of carbonyl (C=O) groups excluding carboxylic acids is 1. The van der Waals surface area contributed by atoms with Gasteiger partial charge in [-0.15, -0.1) is 0 Å². The van der Waals surface area contributed by atoms with Crippen molar-refractivity contribution < 1.29 is 18.1 Å². The molecular formula is C15H12ClFO3S. The Bertz CT molecular complexity index is 686. The van der Waals surface area contributed by atoms with Crippen LogP contribution in [-0.2, 0) is 21.3 Å². The molecule has 0 bridgehead atoms. The van der Waals surface area contributed by atoms with E-state index < -0.39 is 22.6 Å². The van der Waals surface area contributed by atoms with Gasteiger partial charge in [-0.3, -0.25) is 4.21 Å². The molecule has 0 amide bonds. The van der Waals surface area contributed by atoms with Gasteiger partial charge in [0.15, 0.2) is 0 Å². The first kappa shape index (κ1) is 15.7. The molecule has 6 heteroatoms. The van der Waals surface area contributed by atoms with Gasteiger partial charge in [-0.2, -0.15) is 0 Å². The van der Waals surface area contributed by atoms with E-state index in [1.165, 1.54) is 19.2 Å². The van der Waals surface area contributed by atoms with E-state index >= 15 is 0 Å². The summed E-state index contributed by atoms with van der Waals surface area (Å²) in [5, 5.41) is 0.559. The van der Waals surface area contributed by atoms with E-state index in [1.54, 1.807) is 30.3 Å². The topological polar surface area (TPSA) is 43.4 Å². The Morgan fingerprint density at radius 3 is 2.48 bits per heavy atom. The van der Waals surface area contributed by atoms with Crippen LogP contribution in [0.15, 0.2) is 47.4 Å². The van der Waals surface area contributed by atoms with Crippen LogP contribution in [-0.4, -0.2) is 17.3 Å². The van der Waals surface area contributed by atoms with E-state index in [-0.39, 0.29) is 11.3 Å². The fourth-order valence-electron chi connectivity index (χ4n) is 1.74. The van der Waals surface area contributed by atoms with Gasteiger partial charge in [-0.25, -0.2) is 9.18 Å². The van der Waals surface area contributed by atoms with E-state index in [9.17, 15) is 13.4 Å². The molecule has 0 fully saturated rings. The number of carbonyl (C=O) groups is 1. The van der Waals surface area contributed by atoms with Crippen LogP contribution in [0, 0.1) is 5.82 Å². The van der Waals surface area contributed by atoms with Crippen LogP contribution in [0.5, 0.6) is 0 Å². The van der Waals surface area contributed by atoms with Crippen LogP contribution < -0.4 is 0 Å². The molecule has 21 heavy (non-hydrogen) atoms. The fourth-order valence-corrected chi connectivity index (χ4v) is 2.96. The highest BCUT2D eigenvalue weighted by molar-refractivity contribution is 7.84. The standard InChI is InChI=1S/C15H12ClFO3S/c1-20-15(18)13-7-2-10(8-14(13)17)9-21(19)12-5-3-11(16)4-6-12/h2-8H,9H2,1H3. The summed E-state index contributed by atoms with van der Waals surface area (Å²) in [6.07, 6.45) is 0. The summed E-state index contributed by atoms with van der Waals surface area (Å²) in [7, 11) is -0.126. The van der Waals surface area contributed by atoms with Crippen molar-refractivity contribution in [1.29, 1.82) is 0 Å². The summed E-state index contributed by atoms with van der Waals surface area (Å²) < 4.78 is 30.4. The molecule has 0 spiro atoms. The van der Waals surface area contributed by atoms with Crippen molar-refractivity contribution in [3.63, 3.8) is 0 Å². The van der Waals surface area contributed by atoms with E-state index in [0.717, 1.165) is 0 Å². The third-order valence-electron chi connectivity index (χ3n) is 2.81. The zero-order valence-electron chi connectivity index (χ0n) is 11.1. The Labute approximate surface area is 129 Å². The average Bonchev–Trinajstić information content (AvgIpc) is 2.47. The van der Waals surface area contributed by atoms with Crippen molar-refractivity contribution in [2.24, 2.45) is 0 Å². The Balaban J connectivity index is 2.16. The fraction of sp³-hybridized carbons (Fsp3) is 0.133.